The highest BCUT2D eigenvalue weighted by Gasteiger charge is 2.40. The maximum atomic E-state index is 11.9. The highest BCUT2D eigenvalue weighted by molar-refractivity contribution is 5.80. The molecule has 3 heteroatoms. The van der Waals surface area contributed by atoms with Crippen LogP contribution in [0.5, 0.6) is 0 Å². The molecule has 1 aliphatic heterocycles. The predicted octanol–water partition coefficient (Wildman–Crippen LogP) is 1.04. The molecule has 2 aliphatic rings. The molecule has 80 valence electrons. The van der Waals surface area contributed by atoms with E-state index in [9.17, 15) is 4.79 Å². The highest BCUT2D eigenvalue weighted by atomic mass is 16.2. The number of hydrogen-bond donors (Lipinski definition) is 2. The minimum Gasteiger partial charge on any atom is -0.351 e. The number of carbonyl (C=O) groups is 1. The van der Waals surface area contributed by atoms with Crippen molar-refractivity contribution in [2.24, 2.45) is 5.92 Å². The van der Waals surface area contributed by atoms with E-state index in [1.54, 1.807) is 0 Å². The molecule has 0 aromatic rings. The Balaban J connectivity index is 1.84. The minimum atomic E-state index is 0.144. The van der Waals surface area contributed by atoms with E-state index in [2.05, 4.69) is 24.5 Å². The third-order valence-electron chi connectivity index (χ3n) is 3.42. The van der Waals surface area contributed by atoms with Gasteiger partial charge < -0.3 is 10.6 Å². The van der Waals surface area contributed by atoms with Crippen molar-refractivity contribution in [3.8, 4) is 0 Å². The molecule has 2 rings (SSSR count). The van der Waals surface area contributed by atoms with E-state index in [-0.39, 0.29) is 17.4 Å². The van der Waals surface area contributed by atoms with Crippen LogP contribution >= 0.6 is 0 Å². The number of amides is 1. The van der Waals surface area contributed by atoms with Gasteiger partial charge in [-0.3, -0.25) is 4.79 Å². The average molecular weight is 196 g/mol. The largest absolute Gasteiger partial charge is 0.351 e. The molecule has 1 aliphatic carbocycles. The van der Waals surface area contributed by atoms with Gasteiger partial charge in [-0.2, -0.15) is 0 Å². The van der Waals surface area contributed by atoms with Crippen LogP contribution in [0.15, 0.2) is 0 Å². The van der Waals surface area contributed by atoms with E-state index in [0.29, 0.717) is 6.04 Å². The second-order valence-electron chi connectivity index (χ2n) is 5.13. The summed E-state index contributed by atoms with van der Waals surface area (Å²) in [6, 6.07) is 0.492. The number of nitrogens with one attached hydrogen (secondary N) is 2. The quantitative estimate of drug-likeness (QED) is 0.693. The van der Waals surface area contributed by atoms with Crippen LogP contribution in [0.25, 0.3) is 0 Å². The summed E-state index contributed by atoms with van der Waals surface area (Å²) in [5.41, 5.74) is 0.144. The van der Waals surface area contributed by atoms with E-state index in [1.165, 1.54) is 0 Å². The first-order valence-electron chi connectivity index (χ1n) is 5.64. The molecule has 0 radical (unpaired) electrons. The Morgan fingerprint density at radius 2 is 2.21 bits per heavy atom. The maximum Gasteiger partial charge on any atom is 0.223 e. The fourth-order valence-corrected chi connectivity index (χ4v) is 2.08. The zero-order chi connectivity index (χ0) is 10.2. The van der Waals surface area contributed by atoms with Crippen LogP contribution in [0.4, 0.5) is 0 Å². The summed E-state index contributed by atoms with van der Waals surface area (Å²) in [5.74, 6) is 0.516. The Morgan fingerprint density at radius 3 is 2.79 bits per heavy atom. The molecule has 1 amide bonds. The molecule has 3 nitrogen and oxygen atoms in total. The summed E-state index contributed by atoms with van der Waals surface area (Å²) in [6.45, 7) is 5.27. The van der Waals surface area contributed by atoms with Crippen molar-refractivity contribution in [1.82, 2.24) is 10.6 Å². The molecule has 0 spiro atoms. The van der Waals surface area contributed by atoms with Gasteiger partial charge >= 0.3 is 0 Å². The summed E-state index contributed by atoms with van der Waals surface area (Å²) in [5, 5.41) is 6.52. The zero-order valence-corrected chi connectivity index (χ0v) is 9.10. The van der Waals surface area contributed by atoms with E-state index in [1.807, 2.05) is 0 Å². The number of carbonyl (C=O) groups excluding carboxylic acids is 1. The molecule has 1 saturated heterocycles. The molecule has 0 aromatic heterocycles. The molecule has 14 heavy (non-hydrogen) atoms. The first-order chi connectivity index (χ1) is 6.59. The third-order valence-corrected chi connectivity index (χ3v) is 3.42. The Labute approximate surface area is 85.6 Å². The summed E-state index contributed by atoms with van der Waals surface area (Å²) in [4.78, 5) is 11.9. The van der Waals surface area contributed by atoms with Crippen molar-refractivity contribution in [3.63, 3.8) is 0 Å². The van der Waals surface area contributed by atoms with Gasteiger partial charge in [0.2, 0.25) is 5.91 Å². The Hall–Kier alpha value is -0.570. The van der Waals surface area contributed by atoms with E-state index in [4.69, 9.17) is 0 Å². The van der Waals surface area contributed by atoms with Crippen LogP contribution in [0.3, 0.4) is 0 Å². The van der Waals surface area contributed by atoms with Gasteiger partial charge in [-0.15, -0.1) is 0 Å². The Morgan fingerprint density at radius 1 is 1.50 bits per heavy atom. The standard InChI is InChI=1S/C11H20N2O/c1-8-7-9(3-6-12-8)10(14)13-11(2)4-5-11/h8-9,12H,3-7H2,1-2H3,(H,13,14). The van der Waals surface area contributed by atoms with Gasteiger partial charge in [0.05, 0.1) is 0 Å². The molecular formula is C11H20N2O. The third kappa shape index (κ3) is 2.27. The summed E-state index contributed by atoms with van der Waals surface area (Å²) in [6.07, 6.45) is 4.28. The lowest BCUT2D eigenvalue weighted by Crippen LogP contribution is -2.45. The average Bonchev–Trinajstić information content (AvgIpc) is 2.83. The topological polar surface area (TPSA) is 41.1 Å². The lowest BCUT2D eigenvalue weighted by atomic mass is 9.92. The Kier molecular flexibility index (Phi) is 2.52. The second-order valence-corrected chi connectivity index (χ2v) is 5.13. The minimum absolute atomic E-state index is 0.144. The molecule has 0 bridgehead atoms. The fourth-order valence-electron chi connectivity index (χ4n) is 2.08. The van der Waals surface area contributed by atoms with Crippen molar-refractivity contribution >= 4 is 5.91 Å². The smallest absolute Gasteiger partial charge is 0.223 e. The van der Waals surface area contributed by atoms with Crippen molar-refractivity contribution in [3.05, 3.63) is 0 Å². The summed E-state index contributed by atoms with van der Waals surface area (Å²) in [7, 11) is 0. The van der Waals surface area contributed by atoms with Crippen molar-refractivity contribution in [1.29, 1.82) is 0 Å². The van der Waals surface area contributed by atoms with Crippen molar-refractivity contribution in [2.75, 3.05) is 6.54 Å². The zero-order valence-electron chi connectivity index (χ0n) is 9.10. The molecule has 2 N–H and O–H groups in total. The lowest BCUT2D eigenvalue weighted by Gasteiger charge is -2.28. The van der Waals surface area contributed by atoms with Gasteiger partial charge in [-0.25, -0.2) is 0 Å². The van der Waals surface area contributed by atoms with Crippen LogP contribution in [-0.2, 0) is 4.79 Å². The maximum absolute atomic E-state index is 11.9. The van der Waals surface area contributed by atoms with E-state index < -0.39 is 0 Å². The normalized spacial score (nSPS) is 35.0. The van der Waals surface area contributed by atoms with Crippen molar-refractivity contribution in [2.45, 2.75) is 51.1 Å². The SMILES string of the molecule is CC1CC(C(=O)NC2(C)CC2)CCN1. The molecule has 0 aromatic carbocycles. The van der Waals surface area contributed by atoms with Crippen LogP contribution in [0.1, 0.15) is 39.5 Å². The summed E-state index contributed by atoms with van der Waals surface area (Å²) >= 11 is 0. The van der Waals surface area contributed by atoms with Crippen LogP contribution in [-0.4, -0.2) is 24.0 Å². The van der Waals surface area contributed by atoms with Gasteiger partial charge in [0.1, 0.15) is 0 Å². The fraction of sp³-hybridized carbons (Fsp3) is 0.909. The molecular weight excluding hydrogens is 176 g/mol. The molecule has 2 fully saturated rings. The number of piperidine rings is 1. The predicted molar refractivity (Wildman–Crippen MR) is 56.0 cm³/mol. The van der Waals surface area contributed by atoms with Crippen LogP contribution in [0, 0.1) is 5.92 Å². The van der Waals surface area contributed by atoms with E-state index in [0.717, 1.165) is 32.2 Å². The molecule has 1 heterocycles. The van der Waals surface area contributed by atoms with Gasteiger partial charge in [0.15, 0.2) is 0 Å². The second kappa shape index (κ2) is 3.54. The first kappa shape index (κ1) is 9.97. The van der Waals surface area contributed by atoms with Crippen LogP contribution in [0.2, 0.25) is 0 Å². The van der Waals surface area contributed by atoms with Gasteiger partial charge in [0.25, 0.3) is 0 Å². The lowest BCUT2D eigenvalue weighted by molar-refractivity contribution is -0.126. The molecule has 2 unspecified atom stereocenters. The monoisotopic (exact) mass is 196 g/mol. The molecule has 2 atom stereocenters. The van der Waals surface area contributed by atoms with Gasteiger partial charge in [-0.1, -0.05) is 0 Å². The molecule has 1 saturated carbocycles. The van der Waals surface area contributed by atoms with Gasteiger partial charge in [-0.05, 0) is 46.1 Å². The Bertz CT molecular complexity index is 235. The van der Waals surface area contributed by atoms with Gasteiger partial charge in [0, 0.05) is 17.5 Å². The number of rotatable bonds is 2. The first-order valence-corrected chi connectivity index (χ1v) is 5.64. The van der Waals surface area contributed by atoms with E-state index >= 15 is 0 Å². The van der Waals surface area contributed by atoms with Crippen molar-refractivity contribution < 1.29 is 4.79 Å². The summed E-state index contributed by atoms with van der Waals surface area (Å²) < 4.78 is 0. The highest BCUT2D eigenvalue weighted by Crippen LogP contribution is 2.35. The van der Waals surface area contributed by atoms with Crippen LogP contribution < -0.4 is 10.6 Å². The number of hydrogen-bond acceptors (Lipinski definition) is 2.